The Morgan fingerprint density at radius 1 is 1.32 bits per heavy atom. The summed E-state index contributed by atoms with van der Waals surface area (Å²) in [6.07, 6.45) is 1.89. The normalized spacial score (nSPS) is 19.5. The van der Waals surface area contributed by atoms with E-state index >= 15 is 0 Å². The average molecular weight is 348 g/mol. The molecule has 2 heterocycles. The molecular formula is C17H18F2N4O2. The molecule has 2 aromatic rings. The van der Waals surface area contributed by atoms with Gasteiger partial charge in [0, 0.05) is 25.1 Å². The third-order valence-corrected chi connectivity index (χ3v) is 4.48. The SMILES string of the molecule is CC1CN(C(=O)Cc2nc(C3CC3)nn2C)c2cc(F)c(F)cc2O1. The van der Waals surface area contributed by atoms with Gasteiger partial charge in [0.05, 0.1) is 18.7 Å². The lowest BCUT2D eigenvalue weighted by Gasteiger charge is -2.33. The first-order valence-electron chi connectivity index (χ1n) is 8.28. The van der Waals surface area contributed by atoms with Gasteiger partial charge < -0.3 is 9.64 Å². The lowest BCUT2D eigenvalue weighted by molar-refractivity contribution is -0.118. The minimum Gasteiger partial charge on any atom is -0.487 e. The van der Waals surface area contributed by atoms with E-state index in [1.165, 1.54) is 4.90 Å². The Balaban J connectivity index is 1.61. The number of nitrogens with zero attached hydrogens (tertiary/aromatic N) is 4. The fourth-order valence-corrected chi connectivity index (χ4v) is 3.01. The maximum Gasteiger partial charge on any atom is 0.234 e. The van der Waals surface area contributed by atoms with Crippen molar-refractivity contribution < 1.29 is 18.3 Å². The van der Waals surface area contributed by atoms with Crippen LogP contribution < -0.4 is 9.64 Å². The van der Waals surface area contributed by atoms with Crippen LogP contribution in [0, 0.1) is 11.6 Å². The monoisotopic (exact) mass is 348 g/mol. The molecule has 1 atom stereocenters. The molecule has 0 radical (unpaired) electrons. The highest BCUT2D eigenvalue weighted by molar-refractivity contribution is 5.96. The number of aromatic nitrogens is 3. The highest BCUT2D eigenvalue weighted by atomic mass is 19.2. The van der Waals surface area contributed by atoms with Crippen LogP contribution in [0.1, 0.15) is 37.3 Å². The molecule has 1 aliphatic carbocycles. The van der Waals surface area contributed by atoms with Crippen molar-refractivity contribution in [3.8, 4) is 5.75 Å². The number of carbonyl (C=O) groups excluding carboxylic acids is 1. The number of aryl methyl sites for hydroxylation is 1. The highest BCUT2D eigenvalue weighted by Crippen LogP contribution is 2.38. The molecule has 1 unspecified atom stereocenters. The molecule has 1 saturated carbocycles. The predicted octanol–water partition coefficient (Wildman–Crippen LogP) is 2.33. The first-order valence-corrected chi connectivity index (χ1v) is 8.28. The Morgan fingerprint density at radius 3 is 2.76 bits per heavy atom. The van der Waals surface area contributed by atoms with Crippen molar-refractivity contribution in [2.24, 2.45) is 7.05 Å². The van der Waals surface area contributed by atoms with Gasteiger partial charge in [0.1, 0.15) is 17.7 Å². The number of fused-ring (bicyclic) bond motifs is 1. The van der Waals surface area contributed by atoms with Crippen molar-refractivity contribution in [1.82, 2.24) is 14.8 Å². The summed E-state index contributed by atoms with van der Waals surface area (Å²) in [5.41, 5.74) is 0.242. The highest BCUT2D eigenvalue weighted by Gasteiger charge is 2.32. The van der Waals surface area contributed by atoms with E-state index in [4.69, 9.17) is 4.74 Å². The zero-order chi connectivity index (χ0) is 17.7. The Morgan fingerprint density at radius 2 is 2.04 bits per heavy atom. The molecule has 8 heteroatoms. The molecule has 1 aliphatic heterocycles. The number of carbonyl (C=O) groups is 1. The van der Waals surface area contributed by atoms with E-state index in [-0.39, 0.29) is 36.4 Å². The van der Waals surface area contributed by atoms with Crippen molar-refractivity contribution in [1.29, 1.82) is 0 Å². The fourth-order valence-electron chi connectivity index (χ4n) is 3.01. The molecule has 0 saturated heterocycles. The lowest BCUT2D eigenvalue weighted by Crippen LogP contribution is -2.43. The summed E-state index contributed by atoms with van der Waals surface area (Å²) < 4.78 is 34.2. The molecular weight excluding hydrogens is 330 g/mol. The van der Waals surface area contributed by atoms with E-state index in [0.29, 0.717) is 11.7 Å². The lowest BCUT2D eigenvalue weighted by atomic mass is 10.1. The average Bonchev–Trinajstić information content (AvgIpc) is 3.33. The van der Waals surface area contributed by atoms with Gasteiger partial charge in [0.2, 0.25) is 5.91 Å². The summed E-state index contributed by atoms with van der Waals surface area (Å²) in [6.45, 7) is 2.04. The Hall–Kier alpha value is -2.51. The van der Waals surface area contributed by atoms with Crippen molar-refractivity contribution >= 4 is 11.6 Å². The first kappa shape index (κ1) is 16.0. The molecule has 0 bridgehead atoms. The summed E-state index contributed by atoms with van der Waals surface area (Å²) in [6, 6.07) is 1.98. The topological polar surface area (TPSA) is 60.2 Å². The number of rotatable bonds is 3. The minimum absolute atomic E-state index is 0.0430. The van der Waals surface area contributed by atoms with Gasteiger partial charge in [-0.25, -0.2) is 13.8 Å². The standard InChI is InChI=1S/C17H18F2N4O2/c1-9-8-23(13-5-11(18)12(19)6-14(13)25-9)16(24)7-15-20-17(10-3-4-10)21-22(15)2/h5-6,9-10H,3-4,7-8H2,1-2H3. The van der Waals surface area contributed by atoms with Crippen molar-refractivity contribution in [2.45, 2.75) is 38.2 Å². The van der Waals surface area contributed by atoms with E-state index in [0.717, 1.165) is 30.8 Å². The van der Waals surface area contributed by atoms with Crippen molar-refractivity contribution in [3.05, 3.63) is 35.4 Å². The summed E-state index contributed by atoms with van der Waals surface area (Å²) >= 11 is 0. The summed E-state index contributed by atoms with van der Waals surface area (Å²) in [4.78, 5) is 18.7. The molecule has 0 N–H and O–H groups in total. The van der Waals surface area contributed by atoms with Crippen LogP contribution in [0.3, 0.4) is 0 Å². The van der Waals surface area contributed by atoms with Gasteiger partial charge in [-0.05, 0) is 19.8 Å². The van der Waals surface area contributed by atoms with E-state index in [9.17, 15) is 13.6 Å². The number of hydrogen-bond acceptors (Lipinski definition) is 4. The number of anilines is 1. The second-order valence-electron chi connectivity index (χ2n) is 6.63. The van der Waals surface area contributed by atoms with Gasteiger partial charge in [0.25, 0.3) is 0 Å². The summed E-state index contributed by atoms with van der Waals surface area (Å²) in [7, 11) is 1.76. The van der Waals surface area contributed by atoms with Crippen molar-refractivity contribution in [2.75, 3.05) is 11.4 Å². The van der Waals surface area contributed by atoms with E-state index in [1.54, 1.807) is 18.7 Å². The molecule has 1 aromatic heterocycles. The van der Waals surface area contributed by atoms with Crippen LogP contribution in [-0.4, -0.2) is 33.3 Å². The molecule has 2 aliphatic rings. The van der Waals surface area contributed by atoms with Gasteiger partial charge in [-0.1, -0.05) is 0 Å². The fraction of sp³-hybridized carbons (Fsp3) is 0.471. The second kappa shape index (κ2) is 5.79. The van der Waals surface area contributed by atoms with Gasteiger partial charge in [-0.3, -0.25) is 9.48 Å². The maximum atomic E-state index is 13.6. The third kappa shape index (κ3) is 2.96. The third-order valence-electron chi connectivity index (χ3n) is 4.48. The van der Waals surface area contributed by atoms with Crippen LogP contribution in [0.4, 0.5) is 14.5 Å². The van der Waals surface area contributed by atoms with Crippen LogP contribution in [0.25, 0.3) is 0 Å². The molecule has 25 heavy (non-hydrogen) atoms. The Bertz CT molecular complexity index is 847. The summed E-state index contributed by atoms with van der Waals surface area (Å²) in [5, 5.41) is 4.36. The zero-order valence-electron chi connectivity index (χ0n) is 14.0. The second-order valence-corrected chi connectivity index (χ2v) is 6.63. The van der Waals surface area contributed by atoms with Crippen LogP contribution in [0.2, 0.25) is 0 Å². The smallest absolute Gasteiger partial charge is 0.234 e. The molecule has 6 nitrogen and oxygen atoms in total. The number of halogens is 2. The van der Waals surface area contributed by atoms with E-state index < -0.39 is 11.6 Å². The van der Waals surface area contributed by atoms with E-state index in [1.807, 2.05) is 0 Å². The maximum absolute atomic E-state index is 13.6. The predicted molar refractivity (Wildman–Crippen MR) is 85.5 cm³/mol. The van der Waals surface area contributed by atoms with Crippen LogP contribution in [0.5, 0.6) is 5.75 Å². The number of ether oxygens (including phenoxy) is 1. The molecule has 132 valence electrons. The largest absolute Gasteiger partial charge is 0.487 e. The number of benzene rings is 1. The zero-order valence-corrected chi connectivity index (χ0v) is 14.0. The summed E-state index contributed by atoms with van der Waals surface area (Å²) in [5.74, 6) is -0.351. The molecule has 4 rings (SSSR count). The van der Waals surface area contributed by atoms with Gasteiger partial charge >= 0.3 is 0 Å². The van der Waals surface area contributed by atoms with Gasteiger partial charge in [-0.15, -0.1) is 0 Å². The number of amides is 1. The molecule has 1 fully saturated rings. The Kier molecular flexibility index (Phi) is 3.70. The number of hydrogen-bond donors (Lipinski definition) is 0. The first-order chi connectivity index (χ1) is 11.9. The van der Waals surface area contributed by atoms with E-state index in [2.05, 4.69) is 10.1 Å². The van der Waals surface area contributed by atoms with Gasteiger partial charge in [0.15, 0.2) is 17.5 Å². The van der Waals surface area contributed by atoms with Crippen molar-refractivity contribution in [3.63, 3.8) is 0 Å². The van der Waals surface area contributed by atoms with Gasteiger partial charge in [-0.2, -0.15) is 5.10 Å². The molecule has 1 amide bonds. The quantitative estimate of drug-likeness (QED) is 0.854. The van der Waals surface area contributed by atoms with Crippen LogP contribution in [0.15, 0.2) is 12.1 Å². The molecule has 0 spiro atoms. The Labute approximate surface area is 143 Å². The molecule has 1 aromatic carbocycles. The minimum atomic E-state index is -1.01. The van der Waals surface area contributed by atoms with Crippen LogP contribution >= 0.6 is 0 Å². The van der Waals surface area contributed by atoms with Crippen LogP contribution in [-0.2, 0) is 18.3 Å².